The fraction of sp³-hybridized carbons (Fsp3) is 0.625. The second kappa shape index (κ2) is 6.20. The number of nitrogens with zero attached hydrogens (tertiary/aromatic N) is 1. The largest absolute Gasteiger partial charge is 0.325 e. The Morgan fingerprint density at radius 1 is 1.06 bits per heavy atom. The van der Waals surface area contributed by atoms with Crippen LogP contribution in [0.25, 0.3) is 0 Å². The van der Waals surface area contributed by atoms with Crippen molar-refractivity contribution in [2.45, 2.75) is 46.1 Å². The van der Waals surface area contributed by atoms with Gasteiger partial charge in [0.25, 0.3) is 0 Å². The lowest BCUT2D eigenvalue weighted by atomic mass is 9.97. The summed E-state index contributed by atoms with van der Waals surface area (Å²) < 4.78 is 1.08. The average molecular weight is 234 g/mol. The predicted octanol–water partition coefficient (Wildman–Crippen LogP) is 4.19. The summed E-state index contributed by atoms with van der Waals surface area (Å²) in [5, 5.41) is 0. The third-order valence-corrected chi connectivity index (χ3v) is 3.60. The van der Waals surface area contributed by atoms with Crippen LogP contribution in [0.4, 0.5) is 0 Å². The lowest BCUT2D eigenvalue weighted by Gasteiger charge is -2.29. The molecule has 1 atom stereocenters. The summed E-state index contributed by atoms with van der Waals surface area (Å²) in [6, 6.07) is 9.21. The zero-order valence-electron chi connectivity index (χ0n) is 12.2. The molecule has 1 rings (SSSR count). The van der Waals surface area contributed by atoms with E-state index in [0.717, 1.165) is 11.0 Å². The minimum atomic E-state index is 0.683. The van der Waals surface area contributed by atoms with Crippen molar-refractivity contribution in [2.75, 3.05) is 20.6 Å². The maximum atomic E-state index is 2.31. The van der Waals surface area contributed by atoms with Gasteiger partial charge in [-0.1, -0.05) is 45.0 Å². The van der Waals surface area contributed by atoms with E-state index in [0.29, 0.717) is 5.92 Å². The number of rotatable bonds is 6. The van der Waals surface area contributed by atoms with E-state index in [1.165, 1.54) is 30.5 Å². The Bertz CT molecular complexity index is 324. The Labute approximate surface area is 107 Å². The van der Waals surface area contributed by atoms with Gasteiger partial charge in [-0.2, -0.15) is 0 Å². The highest BCUT2D eigenvalue weighted by atomic mass is 15.3. The van der Waals surface area contributed by atoms with Crippen LogP contribution in [0.15, 0.2) is 24.3 Å². The van der Waals surface area contributed by atoms with Gasteiger partial charge in [0, 0.05) is 5.56 Å². The van der Waals surface area contributed by atoms with Crippen molar-refractivity contribution in [3.63, 3.8) is 0 Å². The SMILES string of the molecule is CCC[N+](C)(C)Cc1ccc(C(C)CC)cc1. The van der Waals surface area contributed by atoms with Crippen LogP contribution >= 0.6 is 0 Å². The van der Waals surface area contributed by atoms with Gasteiger partial charge in [-0.25, -0.2) is 0 Å². The maximum absolute atomic E-state index is 2.31. The second-order valence-electron chi connectivity index (χ2n) is 5.87. The quantitative estimate of drug-likeness (QED) is 0.648. The molecule has 0 aliphatic heterocycles. The summed E-state index contributed by atoms with van der Waals surface area (Å²) in [6.45, 7) is 9.18. The van der Waals surface area contributed by atoms with Gasteiger partial charge in [0.1, 0.15) is 6.54 Å². The molecule has 17 heavy (non-hydrogen) atoms. The molecule has 0 saturated carbocycles. The van der Waals surface area contributed by atoms with Gasteiger partial charge < -0.3 is 4.48 Å². The smallest absolute Gasteiger partial charge is 0.104 e. The molecule has 0 heterocycles. The molecule has 0 aliphatic rings. The fourth-order valence-electron chi connectivity index (χ4n) is 2.37. The van der Waals surface area contributed by atoms with Crippen LogP contribution in [-0.4, -0.2) is 25.1 Å². The molecule has 0 aromatic heterocycles. The van der Waals surface area contributed by atoms with Crippen molar-refractivity contribution in [1.82, 2.24) is 0 Å². The molecule has 1 heteroatoms. The normalized spacial score (nSPS) is 13.7. The van der Waals surface area contributed by atoms with Crippen molar-refractivity contribution in [1.29, 1.82) is 0 Å². The van der Waals surface area contributed by atoms with Crippen molar-refractivity contribution >= 4 is 0 Å². The Hall–Kier alpha value is -0.820. The van der Waals surface area contributed by atoms with Crippen molar-refractivity contribution in [3.8, 4) is 0 Å². The minimum absolute atomic E-state index is 0.683. The Balaban J connectivity index is 2.68. The van der Waals surface area contributed by atoms with Gasteiger partial charge in [0.05, 0.1) is 20.6 Å². The third-order valence-electron chi connectivity index (χ3n) is 3.60. The average Bonchev–Trinajstić information content (AvgIpc) is 2.28. The topological polar surface area (TPSA) is 0 Å². The summed E-state index contributed by atoms with van der Waals surface area (Å²) in [4.78, 5) is 0. The molecule has 96 valence electrons. The van der Waals surface area contributed by atoms with E-state index in [-0.39, 0.29) is 0 Å². The number of quaternary nitrogens is 1. The molecule has 1 aromatic rings. The summed E-state index contributed by atoms with van der Waals surface area (Å²) in [5.41, 5.74) is 2.92. The molecule has 1 nitrogen and oxygen atoms in total. The van der Waals surface area contributed by atoms with Crippen molar-refractivity contribution < 1.29 is 4.48 Å². The van der Waals surface area contributed by atoms with Crippen LogP contribution < -0.4 is 0 Å². The van der Waals surface area contributed by atoms with E-state index >= 15 is 0 Å². The minimum Gasteiger partial charge on any atom is -0.325 e. The monoisotopic (exact) mass is 234 g/mol. The first kappa shape index (κ1) is 14.2. The zero-order chi connectivity index (χ0) is 12.9. The first-order valence-electron chi connectivity index (χ1n) is 6.89. The maximum Gasteiger partial charge on any atom is 0.104 e. The molecule has 0 aliphatic carbocycles. The molecular formula is C16H28N+. The third kappa shape index (κ3) is 4.51. The molecular weight excluding hydrogens is 206 g/mol. The lowest BCUT2D eigenvalue weighted by Crippen LogP contribution is -2.39. The first-order valence-corrected chi connectivity index (χ1v) is 6.89. The lowest BCUT2D eigenvalue weighted by molar-refractivity contribution is -0.903. The van der Waals surface area contributed by atoms with Crippen LogP contribution in [0.5, 0.6) is 0 Å². The molecule has 0 spiro atoms. The summed E-state index contributed by atoms with van der Waals surface area (Å²) in [6.07, 6.45) is 2.47. The molecule has 0 amide bonds. The molecule has 0 fully saturated rings. The molecule has 0 radical (unpaired) electrons. The van der Waals surface area contributed by atoms with Gasteiger partial charge >= 0.3 is 0 Å². The van der Waals surface area contributed by atoms with Gasteiger partial charge in [-0.15, -0.1) is 0 Å². The molecule has 1 unspecified atom stereocenters. The molecule has 0 saturated heterocycles. The van der Waals surface area contributed by atoms with Crippen molar-refractivity contribution in [3.05, 3.63) is 35.4 Å². The zero-order valence-corrected chi connectivity index (χ0v) is 12.2. The van der Waals surface area contributed by atoms with Gasteiger partial charge in [-0.05, 0) is 24.3 Å². The van der Waals surface area contributed by atoms with Crippen LogP contribution in [0, 0.1) is 0 Å². The van der Waals surface area contributed by atoms with Crippen LogP contribution in [0.2, 0.25) is 0 Å². The fourth-order valence-corrected chi connectivity index (χ4v) is 2.37. The second-order valence-corrected chi connectivity index (χ2v) is 5.87. The Morgan fingerprint density at radius 2 is 1.65 bits per heavy atom. The van der Waals surface area contributed by atoms with Crippen LogP contribution in [-0.2, 0) is 6.54 Å². The number of hydrogen-bond acceptors (Lipinski definition) is 0. The standard InChI is InChI=1S/C16H28N/c1-6-12-17(4,5)13-15-8-10-16(11-9-15)14(3)7-2/h8-11,14H,6-7,12-13H2,1-5H3/q+1. The predicted molar refractivity (Wildman–Crippen MR) is 76.1 cm³/mol. The molecule has 1 aromatic carbocycles. The molecule has 0 bridgehead atoms. The first-order chi connectivity index (χ1) is 7.98. The van der Waals surface area contributed by atoms with E-state index in [9.17, 15) is 0 Å². The Morgan fingerprint density at radius 3 is 2.12 bits per heavy atom. The number of hydrogen-bond donors (Lipinski definition) is 0. The van der Waals surface area contributed by atoms with Crippen LogP contribution in [0.3, 0.4) is 0 Å². The molecule has 0 N–H and O–H groups in total. The van der Waals surface area contributed by atoms with E-state index in [4.69, 9.17) is 0 Å². The van der Waals surface area contributed by atoms with Gasteiger partial charge in [0.15, 0.2) is 0 Å². The van der Waals surface area contributed by atoms with E-state index < -0.39 is 0 Å². The highest BCUT2D eigenvalue weighted by Gasteiger charge is 2.14. The van der Waals surface area contributed by atoms with E-state index in [1.807, 2.05) is 0 Å². The van der Waals surface area contributed by atoms with E-state index in [1.54, 1.807) is 0 Å². The highest BCUT2D eigenvalue weighted by Crippen LogP contribution is 2.20. The van der Waals surface area contributed by atoms with Crippen LogP contribution in [0.1, 0.15) is 50.7 Å². The van der Waals surface area contributed by atoms with Crippen molar-refractivity contribution in [2.24, 2.45) is 0 Å². The highest BCUT2D eigenvalue weighted by molar-refractivity contribution is 5.24. The summed E-state index contributed by atoms with van der Waals surface area (Å²) in [5.74, 6) is 0.683. The van der Waals surface area contributed by atoms with Gasteiger partial charge in [0.2, 0.25) is 0 Å². The Kier molecular flexibility index (Phi) is 5.20. The summed E-state index contributed by atoms with van der Waals surface area (Å²) in [7, 11) is 4.62. The summed E-state index contributed by atoms with van der Waals surface area (Å²) >= 11 is 0. The van der Waals surface area contributed by atoms with Gasteiger partial charge in [-0.3, -0.25) is 0 Å². The number of benzene rings is 1. The van der Waals surface area contributed by atoms with E-state index in [2.05, 4.69) is 59.1 Å².